The lowest BCUT2D eigenvalue weighted by molar-refractivity contribution is -0.122. The van der Waals surface area contributed by atoms with Crippen LogP contribution in [-0.2, 0) is 4.79 Å². The fourth-order valence-electron chi connectivity index (χ4n) is 0.888. The first-order chi connectivity index (χ1) is 6.29. The highest BCUT2D eigenvalue weighted by Gasteiger charge is 2.29. The maximum absolute atomic E-state index is 11.1. The molecule has 0 aromatic heterocycles. The second-order valence-electron chi connectivity index (χ2n) is 3.94. The Bertz CT molecular complexity index is 225. The summed E-state index contributed by atoms with van der Waals surface area (Å²) in [6.45, 7) is 5.65. The van der Waals surface area contributed by atoms with Crippen LogP contribution in [0, 0.1) is 5.41 Å². The van der Waals surface area contributed by atoms with Crippen molar-refractivity contribution in [1.82, 2.24) is 16.3 Å². The molecule has 0 saturated heterocycles. The van der Waals surface area contributed by atoms with E-state index in [0.29, 0.717) is 0 Å². The molecule has 0 aliphatic carbocycles. The minimum atomic E-state index is -0.534. The van der Waals surface area contributed by atoms with E-state index in [1.165, 1.54) is 0 Å². The number of primary amides is 1. The van der Waals surface area contributed by atoms with Crippen molar-refractivity contribution in [2.24, 2.45) is 17.0 Å². The van der Waals surface area contributed by atoms with Crippen LogP contribution in [0.15, 0.2) is 0 Å². The van der Waals surface area contributed by atoms with Gasteiger partial charge in [-0.05, 0) is 17.6 Å². The largest absolute Gasteiger partial charge is 0.368 e. The van der Waals surface area contributed by atoms with E-state index in [9.17, 15) is 4.79 Å². The van der Waals surface area contributed by atoms with Gasteiger partial charge in [-0.3, -0.25) is 15.6 Å². The van der Waals surface area contributed by atoms with Crippen molar-refractivity contribution in [3.63, 3.8) is 0 Å². The second-order valence-corrected chi connectivity index (χ2v) is 4.35. The lowest BCUT2D eigenvalue weighted by atomic mass is 9.87. The number of carbonyl (C=O) groups excluding carboxylic acids is 1. The average Bonchev–Trinajstić information content (AvgIpc) is 2.01. The third-order valence-corrected chi connectivity index (χ3v) is 1.83. The molecule has 0 aliphatic heterocycles. The number of thiocarbonyl (C=S) groups is 1. The molecule has 1 unspecified atom stereocenters. The van der Waals surface area contributed by atoms with Gasteiger partial charge < -0.3 is 5.73 Å². The molecule has 0 saturated carbocycles. The van der Waals surface area contributed by atoms with E-state index in [1.807, 2.05) is 20.8 Å². The van der Waals surface area contributed by atoms with Crippen LogP contribution in [0.25, 0.3) is 0 Å². The van der Waals surface area contributed by atoms with E-state index in [-0.39, 0.29) is 10.5 Å². The number of carbonyl (C=O) groups is 1. The Morgan fingerprint density at radius 3 is 2.21 bits per heavy atom. The van der Waals surface area contributed by atoms with Gasteiger partial charge in [0, 0.05) is 0 Å². The molecule has 7 heteroatoms. The quantitative estimate of drug-likeness (QED) is 0.230. The predicted molar refractivity (Wildman–Crippen MR) is 58.6 cm³/mol. The smallest absolute Gasteiger partial charge is 0.236 e. The van der Waals surface area contributed by atoms with E-state index >= 15 is 0 Å². The molecule has 0 fully saturated rings. The van der Waals surface area contributed by atoms with Gasteiger partial charge in [0.05, 0.1) is 0 Å². The van der Waals surface area contributed by atoms with Crippen molar-refractivity contribution in [3.8, 4) is 0 Å². The number of nitrogens with two attached hydrogens (primary N) is 2. The topological polar surface area (TPSA) is 105 Å². The van der Waals surface area contributed by atoms with E-state index in [1.54, 1.807) is 0 Å². The lowest BCUT2D eigenvalue weighted by Gasteiger charge is -2.29. The summed E-state index contributed by atoms with van der Waals surface area (Å²) < 4.78 is 0. The predicted octanol–water partition coefficient (Wildman–Crippen LogP) is -1.27. The Kier molecular flexibility index (Phi) is 4.75. The van der Waals surface area contributed by atoms with Crippen LogP contribution >= 0.6 is 12.2 Å². The molecule has 14 heavy (non-hydrogen) atoms. The molecule has 0 rings (SSSR count). The molecule has 82 valence electrons. The van der Waals surface area contributed by atoms with Crippen LogP contribution in [0.2, 0.25) is 0 Å². The first-order valence-electron chi connectivity index (χ1n) is 4.10. The fraction of sp³-hybridized carbons (Fsp3) is 0.714. The van der Waals surface area contributed by atoms with Gasteiger partial charge in [-0.25, -0.2) is 11.3 Å². The van der Waals surface area contributed by atoms with Gasteiger partial charge in [0.2, 0.25) is 5.91 Å². The summed E-state index contributed by atoms with van der Waals surface area (Å²) in [4.78, 5) is 11.1. The average molecular weight is 219 g/mol. The Morgan fingerprint density at radius 2 is 1.93 bits per heavy atom. The first-order valence-corrected chi connectivity index (χ1v) is 4.51. The number of amides is 1. The van der Waals surface area contributed by atoms with Crippen molar-refractivity contribution >= 4 is 23.2 Å². The molecule has 7 N–H and O–H groups in total. The van der Waals surface area contributed by atoms with E-state index in [4.69, 9.17) is 23.8 Å². The molecule has 0 aromatic carbocycles. The molecule has 6 nitrogen and oxygen atoms in total. The van der Waals surface area contributed by atoms with Crippen molar-refractivity contribution < 1.29 is 4.79 Å². The minimum absolute atomic E-state index is 0.195. The fourth-order valence-corrected chi connectivity index (χ4v) is 0.947. The minimum Gasteiger partial charge on any atom is -0.368 e. The first kappa shape index (κ1) is 13.1. The summed E-state index contributed by atoms with van der Waals surface area (Å²) in [5.41, 5.74) is 12.4. The van der Waals surface area contributed by atoms with Crippen LogP contribution in [0.3, 0.4) is 0 Å². The zero-order valence-corrected chi connectivity index (χ0v) is 9.37. The Hall–Kier alpha value is -0.920. The van der Waals surface area contributed by atoms with Gasteiger partial charge in [0.15, 0.2) is 5.11 Å². The van der Waals surface area contributed by atoms with Crippen LogP contribution < -0.4 is 27.9 Å². The summed E-state index contributed by atoms with van der Waals surface area (Å²) in [5.74, 6) is 4.58. The molecule has 0 aliphatic rings. The summed E-state index contributed by atoms with van der Waals surface area (Å²) >= 11 is 4.72. The van der Waals surface area contributed by atoms with Crippen LogP contribution in [0.4, 0.5) is 0 Å². The zero-order chi connectivity index (χ0) is 11.4. The molecule has 0 spiro atoms. The molecule has 0 heterocycles. The van der Waals surface area contributed by atoms with Crippen LogP contribution in [-0.4, -0.2) is 17.1 Å². The van der Waals surface area contributed by atoms with Crippen LogP contribution in [0.1, 0.15) is 20.8 Å². The maximum atomic E-state index is 11.1. The van der Waals surface area contributed by atoms with E-state index in [2.05, 4.69) is 16.3 Å². The summed E-state index contributed by atoms with van der Waals surface area (Å²) in [6.07, 6.45) is 0. The molecule has 0 bridgehead atoms. The van der Waals surface area contributed by atoms with Crippen molar-refractivity contribution in [1.29, 1.82) is 0 Å². The SMILES string of the molecule is CC(C)(C)C(NNC(=S)NN)C(N)=O. The highest BCUT2D eigenvalue weighted by molar-refractivity contribution is 7.80. The summed E-state index contributed by atoms with van der Waals surface area (Å²) in [7, 11) is 0. The number of hydrazine groups is 2. The van der Waals surface area contributed by atoms with Gasteiger partial charge in [0.1, 0.15) is 6.04 Å². The normalized spacial score (nSPS) is 13.1. The van der Waals surface area contributed by atoms with E-state index < -0.39 is 11.9 Å². The molecule has 0 radical (unpaired) electrons. The third-order valence-electron chi connectivity index (χ3n) is 1.61. The lowest BCUT2D eigenvalue weighted by Crippen LogP contribution is -2.58. The number of hydrogen-bond donors (Lipinski definition) is 5. The second kappa shape index (κ2) is 5.08. The highest BCUT2D eigenvalue weighted by Crippen LogP contribution is 2.18. The molecule has 1 atom stereocenters. The Balaban J connectivity index is 4.26. The van der Waals surface area contributed by atoms with Crippen molar-refractivity contribution in [2.45, 2.75) is 26.8 Å². The van der Waals surface area contributed by atoms with Crippen molar-refractivity contribution in [3.05, 3.63) is 0 Å². The van der Waals surface area contributed by atoms with E-state index in [0.717, 1.165) is 0 Å². The number of rotatable bonds is 3. The Morgan fingerprint density at radius 1 is 1.43 bits per heavy atom. The van der Waals surface area contributed by atoms with Gasteiger partial charge >= 0.3 is 0 Å². The molecule has 0 aromatic rings. The van der Waals surface area contributed by atoms with Crippen molar-refractivity contribution in [2.75, 3.05) is 0 Å². The standard InChI is InChI=1S/C7H17N5OS/c1-7(2,3)4(5(8)13)11-12-6(14)10-9/h4,11H,9H2,1-3H3,(H2,8,13)(H2,10,12,14). The molecular formula is C7H17N5OS. The Labute approximate surface area is 88.7 Å². The number of hydrogen-bond acceptors (Lipinski definition) is 4. The molecular weight excluding hydrogens is 202 g/mol. The summed E-state index contributed by atoms with van der Waals surface area (Å²) in [6, 6.07) is -0.534. The van der Waals surface area contributed by atoms with Gasteiger partial charge in [-0.2, -0.15) is 0 Å². The monoisotopic (exact) mass is 219 g/mol. The van der Waals surface area contributed by atoms with Gasteiger partial charge in [-0.15, -0.1) is 0 Å². The molecule has 1 amide bonds. The zero-order valence-electron chi connectivity index (χ0n) is 8.55. The van der Waals surface area contributed by atoms with Crippen LogP contribution in [0.5, 0.6) is 0 Å². The van der Waals surface area contributed by atoms with Gasteiger partial charge in [-0.1, -0.05) is 20.8 Å². The summed E-state index contributed by atoms with van der Waals surface area (Å²) in [5, 5.41) is 0.195. The number of nitrogens with one attached hydrogen (secondary N) is 3. The highest BCUT2D eigenvalue weighted by atomic mass is 32.1. The maximum Gasteiger partial charge on any atom is 0.236 e. The van der Waals surface area contributed by atoms with Gasteiger partial charge in [0.25, 0.3) is 0 Å². The third kappa shape index (κ3) is 4.35.